The summed E-state index contributed by atoms with van der Waals surface area (Å²) in [4.78, 5) is 11.7. The fourth-order valence-corrected chi connectivity index (χ4v) is 2.45. The second-order valence-corrected chi connectivity index (χ2v) is 6.19. The van der Waals surface area contributed by atoms with Crippen molar-refractivity contribution in [3.8, 4) is 11.5 Å². The molecule has 0 bridgehead atoms. The molecule has 0 saturated carbocycles. The van der Waals surface area contributed by atoms with Crippen LogP contribution < -0.4 is 20.1 Å². The van der Waals surface area contributed by atoms with Crippen LogP contribution in [0.15, 0.2) is 42.5 Å². The zero-order valence-electron chi connectivity index (χ0n) is 16.0. The number of amides is 2. The third kappa shape index (κ3) is 8.64. The van der Waals surface area contributed by atoms with Gasteiger partial charge in [0.15, 0.2) is 11.5 Å². The average Bonchev–Trinajstić information content (AvgIpc) is 3.14. The summed E-state index contributed by atoms with van der Waals surface area (Å²) in [7, 11) is 0. The molecule has 6 nitrogen and oxygen atoms in total. The van der Waals surface area contributed by atoms with E-state index in [1.807, 2.05) is 36.4 Å². The van der Waals surface area contributed by atoms with Crippen LogP contribution in [0.4, 0.5) is 4.79 Å². The zero-order chi connectivity index (χ0) is 19.2. The predicted molar refractivity (Wildman–Crippen MR) is 106 cm³/mol. The number of fused-ring (bicyclic) bond motifs is 1. The lowest BCUT2D eigenvalue weighted by Gasteiger charge is -2.06. The maximum Gasteiger partial charge on any atom is 0.315 e. The lowest BCUT2D eigenvalue weighted by atomic mass is 10.1. The molecule has 6 heteroatoms. The predicted octanol–water partition coefficient (Wildman–Crippen LogP) is 3.58. The lowest BCUT2D eigenvalue weighted by molar-refractivity contribution is 0.136. The molecule has 0 unspecified atom stereocenters. The van der Waals surface area contributed by atoms with Gasteiger partial charge in [0, 0.05) is 19.7 Å². The molecule has 0 aliphatic carbocycles. The maximum absolute atomic E-state index is 11.7. The van der Waals surface area contributed by atoms with Crippen LogP contribution in [0.1, 0.15) is 31.7 Å². The van der Waals surface area contributed by atoms with E-state index in [0.29, 0.717) is 13.1 Å². The van der Waals surface area contributed by atoms with E-state index in [9.17, 15) is 4.79 Å². The van der Waals surface area contributed by atoms with Gasteiger partial charge in [-0.25, -0.2) is 4.79 Å². The van der Waals surface area contributed by atoms with E-state index in [2.05, 4.69) is 23.6 Å². The van der Waals surface area contributed by atoms with E-state index >= 15 is 0 Å². The Morgan fingerprint density at radius 2 is 2.00 bits per heavy atom. The van der Waals surface area contributed by atoms with Crippen LogP contribution in [0.2, 0.25) is 0 Å². The van der Waals surface area contributed by atoms with Gasteiger partial charge in [-0.1, -0.05) is 43.7 Å². The summed E-state index contributed by atoms with van der Waals surface area (Å²) in [5, 5.41) is 5.64. The van der Waals surface area contributed by atoms with Crippen LogP contribution in [-0.2, 0) is 11.2 Å². The fraction of sp³-hybridized carbons (Fsp3) is 0.476. The number of allylic oxidation sites excluding steroid dienone is 2. The van der Waals surface area contributed by atoms with Gasteiger partial charge in [0.1, 0.15) is 0 Å². The first-order valence-electron chi connectivity index (χ1n) is 9.59. The molecule has 1 heterocycles. The van der Waals surface area contributed by atoms with Crippen molar-refractivity contribution in [2.24, 2.45) is 0 Å². The third-order valence-corrected chi connectivity index (χ3v) is 3.97. The molecule has 1 aliphatic heterocycles. The summed E-state index contributed by atoms with van der Waals surface area (Å²) in [6.07, 6.45) is 11.8. The summed E-state index contributed by atoms with van der Waals surface area (Å²) in [5.41, 5.74) is 1.10. The first kappa shape index (κ1) is 20.8. The molecule has 0 spiro atoms. The van der Waals surface area contributed by atoms with Crippen molar-refractivity contribution in [3.63, 3.8) is 0 Å². The molecule has 0 saturated heterocycles. The summed E-state index contributed by atoms with van der Waals surface area (Å²) < 4.78 is 16.1. The minimum Gasteiger partial charge on any atom is -0.454 e. The molecular formula is C21H30N2O4. The van der Waals surface area contributed by atoms with Gasteiger partial charge >= 0.3 is 6.03 Å². The number of nitrogens with one attached hydrogen (secondary N) is 2. The van der Waals surface area contributed by atoms with Crippen molar-refractivity contribution in [2.75, 3.05) is 33.1 Å². The van der Waals surface area contributed by atoms with E-state index in [0.717, 1.165) is 56.0 Å². The molecule has 2 rings (SSSR count). The smallest absolute Gasteiger partial charge is 0.315 e. The number of unbranched alkanes of at least 4 members (excludes halogenated alkanes) is 1. The van der Waals surface area contributed by atoms with E-state index < -0.39 is 0 Å². The number of carbonyl (C=O) groups excluding carboxylic acids is 1. The standard InChI is InChI=1S/C21H30N2O4/c1-2-3-14-25-15-8-6-4-5-7-12-22-21(24)23-13-11-18-9-10-19-20(16-18)27-17-26-19/h4-7,9-10,16H,2-3,8,11-15,17H2,1H3,(H2,22,23,24)/b6-4+,7-5+. The molecule has 0 aromatic heterocycles. The minimum atomic E-state index is -0.173. The quantitative estimate of drug-likeness (QED) is 0.433. The number of hydrogen-bond acceptors (Lipinski definition) is 4. The van der Waals surface area contributed by atoms with Gasteiger partial charge in [0.25, 0.3) is 0 Å². The van der Waals surface area contributed by atoms with Crippen molar-refractivity contribution in [1.29, 1.82) is 0 Å². The molecular weight excluding hydrogens is 344 g/mol. The van der Waals surface area contributed by atoms with Crippen LogP contribution in [0.25, 0.3) is 0 Å². The Kier molecular flexibility index (Phi) is 9.89. The Balaban J connectivity index is 1.48. The summed E-state index contributed by atoms with van der Waals surface area (Å²) >= 11 is 0. The third-order valence-electron chi connectivity index (χ3n) is 3.97. The van der Waals surface area contributed by atoms with Gasteiger partial charge in [-0.3, -0.25) is 0 Å². The van der Waals surface area contributed by atoms with Crippen molar-refractivity contribution >= 4 is 6.03 Å². The second-order valence-electron chi connectivity index (χ2n) is 6.19. The Morgan fingerprint density at radius 3 is 2.89 bits per heavy atom. The molecule has 2 amide bonds. The maximum atomic E-state index is 11.7. The van der Waals surface area contributed by atoms with Gasteiger partial charge < -0.3 is 24.8 Å². The van der Waals surface area contributed by atoms with Crippen LogP contribution in [-0.4, -0.2) is 39.1 Å². The van der Waals surface area contributed by atoms with Gasteiger partial charge in [0.2, 0.25) is 6.79 Å². The van der Waals surface area contributed by atoms with Crippen molar-refractivity contribution in [3.05, 3.63) is 48.1 Å². The highest BCUT2D eigenvalue weighted by molar-refractivity contribution is 5.73. The Morgan fingerprint density at radius 1 is 1.15 bits per heavy atom. The van der Waals surface area contributed by atoms with Crippen LogP contribution in [0.5, 0.6) is 11.5 Å². The lowest BCUT2D eigenvalue weighted by Crippen LogP contribution is -2.36. The number of benzene rings is 1. The topological polar surface area (TPSA) is 68.8 Å². The number of urea groups is 1. The van der Waals surface area contributed by atoms with Crippen molar-refractivity contribution < 1.29 is 19.0 Å². The molecule has 0 fully saturated rings. The first-order chi connectivity index (χ1) is 13.3. The van der Waals surface area contributed by atoms with Crippen LogP contribution in [0.3, 0.4) is 0 Å². The number of ether oxygens (including phenoxy) is 3. The van der Waals surface area contributed by atoms with E-state index in [1.165, 1.54) is 0 Å². The van der Waals surface area contributed by atoms with E-state index in [4.69, 9.17) is 14.2 Å². The van der Waals surface area contributed by atoms with Crippen LogP contribution in [0, 0.1) is 0 Å². The van der Waals surface area contributed by atoms with Crippen LogP contribution >= 0.6 is 0 Å². The molecule has 2 N–H and O–H groups in total. The molecule has 148 valence electrons. The van der Waals surface area contributed by atoms with Gasteiger partial charge in [-0.2, -0.15) is 0 Å². The monoisotopic (exact) mass is 374 g/mol. The number of hydrogen-bond donors (Lipinski definition) is 2. The highest BCUT2D eigenvalue weighted by Gasteiger charge is 2.12. The van der Waals surface area contributed by atoms with Gasteiger partial charge in [0.05, 0.1) is 6.61 Å². The Bertz CT molecular complexity index is 629. The highest BCUT2D eigenvalue weighted by Crippen LogP contribution is 2.32. The average molecular weight is 374 g/mol. The minimum absolute atomic E-state index is 0.173. The van der Waals surface area contributed by atoms with Gasteiger partial charge in [-0.05, 0) is 37.0 Å². The molecule has 1 aromatic rings. The van der Waals surface area contributed by atoms with E-state index in [1.54, 1.807) is 0 Å². The molecule has 27 heavy (non-hydrogen) atoms. The van der Waals surface area contributed by atoms with Crippen molar-refractivity contribution in [1.82, 2.24) is 10.6 Å². The summed E-state index contributed by atoms with van der Waals surface area (Å²) in [5.74, 6) is 1.54. The summed E-state index contributed by atoms with van der Waals surface area (Å²) in [6, 6.07) is 5.66. The number of rotatable bonds is 12. The Labute approximate surface area is 161 Å². The largest absolute Gasteiger partial charge is 0.454 e. The summed E-state index contributed by atoms with van der Waals surface area (Å²) in [6.45, 7) is 5.08. The van der Waals surface area contributed by atoms with Gasteiger partial charge in [-0.15, -0.1) is 0 Å². The van der Waals surface area contributed by atoms with E-state index in [-0.39, 0.29) is 12.8 Å². The molecule has 1 aromatic carbocycles. The molecule has 0 atom stereocenters. The highest BCUT2D eigenvalue weighted by atomic mass is 16.7. The SMILES string of the molecule is CCCCOCC/C=C/C=C/CNC(=O)NCCc1ccc2c(c1)OCO2. The van der Waals surface area contributed by atoms with Crippen molar-refractivity contribution in [2.45, 2.75) is 32.6 Å². The molecule has 0 radical (unpaired) electrons. The normalized spacial score (nSPS) is 12.8. The first-order valence-corrected chi connectivity index (χ1v) is 9.59. The fourth-order valence-electron chi connectivity index (χ4n) is 2.45. The Hall–Kier alpha value is -2.47. The number of carbonyl (C=O) groups is 1. The molecule has 1 aliphatic rings. The zero-order valence-corrected chi connectivity index (χ0v) is 16.0. The second kappa shape index (κ2) is 12.8.